The molecule has 13 heteroatoms. The molecule has 0 aromatic carbocycles. The van der Waals surface area contributed by atoms with Crippen LogP contribution in [0.3, 0.4) is 0 Å². The first-order valence-electron chi connectivity index (χ1n) is 16.9. The summed E-state index contributed by atoms with van der Waals surface area (Å²) < 4.78 is 38.4. The molecule has 5 aliphatic heterocycles. The number of piperidine rings is 2. The lowest BCUT2D eigenvalue weighted by Gasteiger charge is -2.60. The van der Waals surface area contributed by atoms with Crippen molar-refractivity contribution in [2.75, 3.05) is 32.8 Å². The van der Waals surface area contributed by atoms with Gasteiger partial charge in [-0.25, -0.2) is 13.6 Å². The third-order valence-electron chi connectivity index (χ3n) is 11.4. The minimum absolute atomic E-state index is 0.0395. The number of fused-ring (bicyclic) bond motifs is 5. The molecule has 6 rings (SSSR count). The molecule has 1 saturated carbocycles. The number of amides is 3. The summed E-state index contributed by atoms with van der Waals surface area (Å²) in [4.78, 5) is 46.3. The van der Waals surface area contributed by atoms with E-state index in [0.717, 1.165) is 0 Å². The number of ketones is 1. The molecular formula is C32H50F2N6O5. The number of rotatable bonds is 3. The van der Waals surface area contributed by atoms with E-state index in [-0.39, 0.29) is 55.2 Å². The summed E-state index contributed by atoms with van der Waals surface area (Å²) in [5, 5.41) is 21.3. The van der Waals surface area contributed by atoms with E-state index < -0.39 is 66.7 Å². The maximum Gasteiger partial charge on any atom is 0.320 e. The number of nitrogens with one attached hydrogen (secondary N) is 3. The smallest absolute Gasteiger partial charge is 0.320 e. The molecule has 6 fully saturated rings. The van der Waals surface area contributed by atoms with Crippen LogP contribution >= 0.6 is 0 Å². The van der Waals surface area contributed by atoms with E-state index in [4.69, 9.17) is 4.74 Å². The van der Waals surface area contributed by atoms with Gasteiger partial charge in [0.25, 0.3) is 0 Å². The summed E-state index contributed by atoms with van der Waals surface area (Å²) in [7, 11) is 0. The van der Waals surface area contributed by atoms with E-state index in [9.17, 15) is 19.5 Å². The monoisotopic (exact) mass is 636 g/mol. The fourth-order valence-electron chi connectivity index (χ4n) is 9.28. The maximum absolute atomic E-state index is 16.5. The van der Waals surface area contributed by atoms with Crippen LogP contribution in [0.15, 0.2) is 12.7 Å². The molecule has 45 heavy (non-hydrogen) atoms. The van der Waals surface area contributed by atoms with E-state index in [1.165, 1.54) is 6.08 Å². The Balaban J connectivity index is 1.41. The number of alkyl halides is 2. The molecule has 2 bridgehead atoms. The van der Waals surface area contributed by atoms with Gasteiger partial charge < -0.3 is 30.3 Å². The molecule has 252 valence electrons. The quantitative estimate of drug-likeness (QED) is 0.341. The lowest BCUT2D eigenvalue weighted by Crippen LogP contribution is -2.80. The third-order valence-corrected chi connectivity index (χ3v) is 11.4. The first kappa shape index (κ1) is 32.7. The molecule has 13 atom stereocenters. The second kappa shape index (κ2) is 13.1. The van der Waals surface area contributed by atoms with E-state index in [2.05, 4.69) is 27.4 Å². The predicted octanol–water partition coefficient (Wildman–Crippen LogP) is 1.17. The van der Waals surface area contributed by atoms with Crippen LogP contribution in [-0.2, 0) is 14.3 Å². The Morgan fingerprint density at radius 3 is 2.62 bits per heavy atom. The highest BCUT2D eigenvalue weighted by atomic mass is 19.1. The number of urea groups is 1. The molecular weight excluding hydrogens is 586 g/mol. The molecule has 6 aliphatic rings. The van der Waals surface area contributed by atoms with Crippen molar-refractivity contribution >= 4 is 17.7 Å². The molecule has 0 spiro atoms. The number of halogens is 2. The van der Waals surface area contributed by atoms with Crippen molar-refractivity contribution in [1.29, 1.82) is 0 Å². The van der Waals surface area contributed by atoms with Crippen LogP contribution in [-0.4, -0.2) is 131 Å². The number of hydrogen-bond acceptors (Lipinski definition) is 8. The summed E-state index contributed by atoms with van der Waals surface area (Å²) in [5.74, 6) is -2.41. The van der Waals surface area contributed by atoms with Crippen LogP contribution in [0.2, 0.25) is 0 Å². The summed E-state index contributed by atoms with van der Waals surface area (Å²) in [6.45, 7) is 11.3. The summed E-state index contributed by atoms with van der Waals surface area (Å²) >= 11 is 0. The molecule has 5 heterocycles. The van der Waals surface area contributed by atoms with E-state index >= 15 is 8.78 Å². The SMILES string of the molecule is C=CC(=O)N1CCN(C2NC(=O)N3C4NC(C(F)CC42)C2C(F)CCCC2OCC(O)C(=O)C2CCNC(C(C)C)C23)[C@@H](C)C1. The standard InChI is InChI=1S/C32H50F2N6O5/c1-5-24(42)38-11-12-39(17(4)14-38)30-19-13-21(34)27-25-20(33)7-6-8-23(25)45-15-22(41)29(43)18-9-10-35-26(16(2)3)28(18)40(31(19)36-27)32(44)37-30/h5,16-23,25-28,30-31,35-36,41H,1,6-15H2,2-4H3,(H,37,44)/t17-,18?,19?,20?,21?,22?,23?,25?,26?,27?,28?,30?,31?/m0/s1. The average molecular weight is 637 g/mol. The van der Waals surface area contributed by atoms with Gasteiger partial charge in [-0.05, 0) is 57.6 Å². The van der Waals surface area contributed by atoms with E-state index in [1.807, 2.05) is 20.8 Å². The Labute approximate surface area is 264 Å². The van der Waals surface area contributed by atoms with E-state index in [0.29, 0.717) is 45.4 Å². The van der Waals surface area contributed by atoms with Gasteiger partial charge in [0, 0.05) is 55.5 Å². The van der Waals surface area contributed by atoms with Crippen molar-refractivity contribution in [3.05, 3.63) is 12.7 Å². The Morgan fingerprint density at radius 2 is 1.91 bits per heavy atom. The summed E-state index contributed by atoms with van der Waals surface area (Å²) in [6, 6.07) is -2.30. The molecule has 4 N–H and O–H groups in total. The van der Waals surface area contributed by atoms with Crippen molar-refractivity contribution in [3.63, 3.8) is 0 Å². The third kappa shape index (κ3) is 5.92. The summed E-state index contributed by atoms with van der Waals surface area (Å²) in [5.41, 5.74) is 0. The Bertz CT molecular complexity index is 1150. The Hall–Kier alpha value is -2.19. The second-order valence-electron chi connectivity index (χ2n) is 14.4. The molecule has 11 nitrogen and oxygen atoms in total. The minimum Gasteiger partial charge on any atom is -0.383 e. The van der Waals surface area contributed by atoms with Crippen LogP contribution in [0.25, 0.3) is 0 Å². The van der Waals surface area contributed by atoms with Gasteiger partial charge in [0.15, 0.2) is 5.78 Å². The highest BCUT2D eigenvalue weighted by molar-refractivity contribution is 5.88. The van der Waals surface area contributed by atoms with Crippen LogP contribution in [0.4, 0.5) is 13.6 Å². The number of carbonyl (C=O) groups excluding carboxylic acids is 3. The largest absolute Gasteiger partial charge is 0.383 e. The lowest BCUT2D eigenvalue weighted by molar-refractivity contribution is -0.154. The molecule has 0 aromatic heterocycles. The zero-order valence-electron chi connectivity index (χ0n) is 26.6. The first-order chi connectivity index (χ1) is 21.5. The van der Waals surface area contributed by atoms with Crippen LogP contribution < -0.4 is 16.0 Å². The maximum atomic E-state index is 16.5. The zero-order chi connectivity index (χ0) is 32.2. The number of hydrogen-bond donors (Lipinski definition) is 4. The Kier molecular flexibility index (Phi) is 9.56. The molecule has 5 saturated heterocycles. The van der Waals surface area contributed by atoms with Crippen LogP contribution in [0.1, 0.15) is 52.9 Å². The average Bonchev–Trinajstić information content (AvgIpc) is 3.02. The second-order valence-corrected chi connectivity index (χ2v) is 14.4. The number of Topliss-reactive ketones (excluding diaryl/α,β-unsaturated/α-hetero) is 1. The number of aliphatic hydroxyl groups excluding tert-OH is 1. The topological polar surface area (TPSA) is 126 Å². The molecule has 1 aliphatic carbocycles. The van der Waals surface area contributed by atoms with Gasteiger partial charge in [0.2, 0.25) is 5.91 Å². The highest BCUT2D eigenvalue weighted by Gasteiger charge is 2.58. The zero-order valence-corrected chi connectivity index (χ0v) is 26.6. The van der Waals surface area contributed by atoms with Gasteiger partial charge in [0.05, 0.1) is 31.1 Å². The van der Waals surface area contributed by atoms with Crippen molar-refractivity contribution < 1.29 is 33.0 Å². The molecule has 12 unspecified atom stereocenters. The number of ether oxygens (including phenoxy) is 1. The normalized spacial score (nSPS) is 44.6. The number of nitrogens with zero attached hydrogens (tertiary/aromatic N) is 3. The fourth-order valence-corrected chi connectivity index (χ4v) is 9.28. The predicted molar refractivity (Wildman–Crippen MR) is 162 cm³/mol. The van der Waals surface area contributed by atoms with Gasteiger partial charge in [-0.2, -0.15) is 0 Å². The first-order valence-corrected chi connectivity index (χ1v) is 16.9. The Morgan fingerprint density at radius 1 is 1.13 bits per heavy atom. The number of aliphatic hydroxyl groups is 1. The number of carbonyl (C=O) groups is 3. The lowest BCUT2D eigenvalue weighted by atomic mass is 9.72. The summed E-state index contributed by atoms with van der Waals surface area (Å²) in [6.07, 6.45) is -2.86. The van der Waals surface area contributed by atoms with Crippen molar-refractivity contribution in [2.45, 2.75) is 114 Å². The van der Waals surface area contributed by atoms with E-state index in [1.54, 1.807) is 9.80 Å². The van der Waals surface area contributed by atoms with Gasteiger partial charge >= 0.3 is 6.03 Å². The van der Waals surface area contributed by atoms with Gasteiger partial charge in [-0.15, -0.1) is 0 Å². The highest BCUT2D eigenvalue weighted by Crippen LogP contribution is 2.43. The van der Waals surface area contributed by atoms with Gasteiger partial charge in [-0.3, -0.25) is 19.8 Å². The van der Waals surface area contributed by atoms with Crippen LogP contribution in [0.5, 0.6) is 0 Å². The molecule has 3 amide bonds. The van der Waals surface area contributed by atoms with Crippen molar-refractivity contribution in [1.82, 2.24) is 30.7 Å². The van der Waals surface area contributed by atoms with Crippen LogP contribution in [0, 0.1) is 23.7 Å². The van der Waals surface area contributed by atoms with Gasteiger partial charge in [-0.1, -0.05) is 20.4 Å². The number of piperazine rings is 1. The van der Waals surface area contributed by atoms with Crippen molar-refractivity contribution in [3.8, 4) is 0 Å². The van der Waals surface area contributed by atoms with Crippen molar-refractivity contribution in [2.24, 2.45) is 23.7 Å². The molecule has 0 radical (unpaired) electrons. The minimum atomic E-state index is -1.43. The molecule has 0 aromatic rings. The van der Waals surface area contributed by atoms with Gasteiger partial charge in [0.1, 0.15) is 18.4 Å². The fraction of sp³-hybridized carbons (Fsp3) is 0.844.